The van der Waals surface area contributed by atoms with Gasteiger partial charge in [0.25, 0.3) is 10.0 Å². The number of rotatable bonds is 6. The third kappa shape index (κ3) is 4.54. The van der Waals surface area contributed by atoms with Crippen LogP contribution < -0.4 is 9.46 Å². The lowest BCUT2D eigenvalue weighted by Gasteiger charge is -2.20. The number of carbonyl (C=O) groups is 1. The number of carboxylic acid groups (broad SMARTS) is 1. The summed E-state index contributed by atoms with van der Waals surface area (Å²) in [6.45, 7) is 1.16. The van der Waals surface area contributed by atoms with Crippen molar-refractivity contribution in [3.8, 4) is 16.9 Å². The molecule has 0 heterocycles. The van der Waals surface area contributed by atoms with Crippen molar-refractivity contribution < 1.29 is 36.2 Å². The zero-order valence-corrected chi connectivity index (χ0v) is 17.7. The molecule has 0 saturated carbocycles. The van der Waals surface area contributed by atoms with Gasteiger partial charge in [0.2, 0.25) is 0 Å². The molecule has 0 fully saturated rings. The summed E-state index contributed by atoms with van der Waals surface area (Å²) < 4.78 is 74.2. The molecule has 0 atom stereocenters. The van der Waals surface area contributed by atoms with Crippen LogP contribution in [-0.2, 0) is 16.2 Å². The van der Waals surface area contributed by atoms with Crippen molar-refractivity contribution in [2.45, 2.75) is 18.0 Å². The quantitative estimate of drug-likeness (QED) is 0.523. The third-order valence-electron chi connectivity index (χ3n) is 4.79. The monoisotopic (exact) mass is 465 g/mol. The normalized spacial score (nSPS) is 11.8. The molecule has 0 aliphatic heterocycles. The van der Waals surface area contributed by atoms with Crippen LogP contribution in [0.25, 0.3) is 11.1 Å². The lowest BCUT2D eigenvalue weighted by Crippen LogP contribution is -2.18. The summed E-state index contributed by atoms with van der Waals surface area (Å²) in [4.78, 5) is 10.8. The van der Waals surface area contributed by atoms with Gasteiger partial charge in [0, 0.05) is 5.56 Å². The number of hydrogen-bond acceptors (Lipinski definition) is 4. The van der Waals surface area contributed by atoms with Gasteiger partial charge in [-0.25, -0.2) is 13.2 Å². The number of aromatic carboxylic acids is 1. The van der Waals surface area contributed by atoms with E-state index in [1.54, 1.807) is 30.3 Å². The molecule has 0 aromatic heterocycles. The van der Waals surface area contributed by atoms with Crippen molar-refractivity contribution in [2.24, 2.45) is 0 Å². The van der Waals surface area contributed by atoms with Crippen molar-refractivity contribution in [2.75, 3.05) is 11.8 Å². The Morgan fingerprint density at radius 2 is 1.69 bits per heavy atom. The molecule has 3 aromatic rings. The Labute approximate surface area is 182 Å². The highest BCUT2D eigenvalue weighted by Gasteiger charge is 2.35. The summed E-state index contributed by atoms with van der Waals surface area (Å²) in [7, 11) is -3.34. The van der Waals surface area contributed by atoms with Crippen LogP contribution in [0, 0.1) is 6.92 Å². The van der Waals surface area contributed by atoms with Crippen LogP contribution >= 0.6 is 0 Å². The van der Waals surface area contributed by atoms with Crippen LogP contribution in [0.15, 0.2) is 65.6 Å². The first-order chi connectivity index (χ1) is 15.0. The molecule has 32 heavy (non-hydrogen) atoms. The van der Waals surface area contributed by atoms with E-state index in [0.29, 0.717) is 5.56 Å². The summed E-state index contributed by atoms with van der Waals surface area (Å²) in [6.07, 6.45) is -4.71. The largest absolute Gasteiger partial charge is 0.495 e. The summed E-state index contributed by atoms with van der Waals surface area (Å²) in [5.74, 6) is -1.53. The molecule has 0 aliphatic carbocycles. The molecule has 0 radical (unpaired) electrons. The predicted octanol–water partition coefficient (Wildman–Crippen LogP) is 5.19. The second kappa shape index (κ2) is 8.54. The molecule has 0 unspecified atom stereocenters. The molecule has 0 bridgehead atoms. The first-order valence-electron chi connectivity index (χ1n) is 9.16. The van der Waals surface area contributed by atoms with Crippen LogP contribution in [0.3, 0.4) is 0 Å². The Morgan fingerprint density at radius 1 is 1.03 bits per heavy atom. The number of benzene rings is 3. The summed E-state index contributed by atoms with van der Waals surface area (Å²) in [5.41, 5.74) is -1.19. The van der Waals surface area contributed by atoms with Gasteiger partial charge in [-0.05, 0) is 42.3 Å². The van der Waals surface area contributed by atoms with Gasteiger partial charge in [0.15, 0.2) is 0 Å². The van der Waals surface area contributed by atoms with Gasteiger partial charge in [0.1, 0.15) is 10.6 Å². The van der Waals surface area contributed by atoms with E-state index in [1.165, 1.54) is 13.2 Å². The van der Waals surface area contributed by atoms with E-state index in [-0.39, 0.29) is 28.1 Å². The van der Waals surface area contributed by atoms with Gasteiger partial charge in [-0.1, -0.05) is 36.4 Å². The van der Waals surface area contributed by atoms with E-state index in [0.717, 1.165) is 31.2 Å². The number of nitrogens with one attached hydrogen (secondary N) is 1. The number of methoxy groups -OCH3 is 1. The van der Waals surface area contributed by atoms with Gasteiger partial charge < -0.3 is 9.84 Å². The predicted molar refractivity (Wildman–Crippen MR) is 112 cm³/mol. The van der Waals surface area contributed by atoms with Crippen molar-refractivity contribution >= 4 is 21.7 Å². The molecule has 6 nitrogen and oxygen atoms in total. The number of ether oxygens (including phenoxy) is 1. The van der Waals surface area contributed by atoms with Crippen LogP contribution in [0.4, 0.5) is 18.9 Å². The number of sulfonamides is 1. The Bertz CT molecular complexity index is 1270. The molecule has 0 aliphatic rings. The minimum absolute atomic E-state index is 0.159. The molecule has 0 spiro atoms. The van der Waals surface area contributed by atoms with Gasteiger partial charge in [-0.3, -0.25) is 4.72 Å². The number of halogens is 3. The van der Waals surface area contributed by atoms with Crippen LogP contribution in [-0.4, -0.2) is 26.6 Å². The Kier molecular flexibility index (Phi) is 6.18. The maximum Gasteiger partial charge on any atom is 0.416 e. The molecule has 0 saturated heterocycles. The molecule has 3 rings (SSSR count). The lowest BCUT2D eigenvalue weighted by molar-refractivity contribution is -0.138. The summed E-state index contributed by atoms with van der Waals surface area (Å²) in [5, 5.41) is 9.21. The Balaban J connectivity index is 2.23. The number of hydrogen-bond donors (Lipinski definition) is 2. The van der Waals surface area contributed by atoms with Gasteiger partial charge in [-0.2, -0.15) is 13.2 Å². The van der Waals surface area contributed by atoms with Gasteiger partial charge in [0.05, 0.1) is 23.9 Å². The summed E-state index contributed by atoms with van der Waals surface area (Å²) in [6, 6.07) is 13.6. The molecular formula is C22H18F3NO5S. The van der Waals surface area contributed by atoms with Crippen molar-refractivity contribution in [3.63, 3.8) is 0 Å². The smallest absolute Gasteiger partial charge is 0.416 e. The van der Waals surface area contributed by atoms with Crippen molar-refractivity contribution in [3.05, 3.63) is 77.4 Å². The van der Waals surface area contributed by atoms with Gasteiger partial charge in [-0.15, -0.1) is 0 Å². The minimum Gasteiger partial charge on any atom is -0.495 e. The molecule has 10 heteroatoms. The lowest BCUT2D eigenvalue weighted by atomic mass is 9.97. The molecular weight excluding hydrogens is 447 g/mol. The minimum atomic E-state index is -4.71. The zero-order chi connectivity index (χ0) is 23.7. The van der Waals surface area contributed by atoms with Crippen LogP contribution in [0.1, 0.15) is 21.5 Å². The fraction of sp³-hybridized carbons (Fsp3) is 0.136. The SMILES string of the molecule is COc1ccc(C(=O)O)cc1S(=O)(=O)Nc1c(-c2ccccc2)ccc(C(F)(F)F)c1C. The highest BCUT2D eigenvalue weighted by Crippen LogP contribution is 2.41. The van der Waals surface area contributed by atoms with Gasteiger partial charge >= 0.3 is 12.1 Å². The maximum absolute atomic E-state index is 13.5. The third-order valence-corrected chi connectivity index (χ3v) is 6.16. The fourth-order valence-electron chi connectivity index (χ4n) is 3.22. The molecule has 2 N–H and O–H groups in total. The second-order valence-electron chi connectivity index (χ2n) is 6.80. The molecule has 168 valence electrons. The van der Waals surface area contributed by atoms with Crippen molar-refractivity contribution in [1.29, 1.82) is 0 Å². The van der Waals surface area contributed by atoms with Crippen LogP contribution in [0.2, 0.25) is 0 Å². The fourth-order valence-corrected chi connectivity index (χ4v) is 4.56. The number of carboxylic acids is 1. The maximum atomic E-state index is 13.5. The van der Waals surface area contributed by atoms with E-state index >= 15 is 0 Å². The Morgan fingerprint density at radius 3 is 2.25 bits per heavy atom. The van der Waals surface area contributed by atoms with Crippen molar-refractivity contribution in [1.82, 2.24) is 0 Å². The standard InChI is InChI=1S/C22H18F3NO5S/c1-13-17(22(23,24)25)10-9-16(14-6-4-3-5-7-14)20(13)26-32(29,30)19-12-15(21(27)28)8-11-18(19)31-2/h3-12,26H,1-2H3,(H,27,28). The highest BCUT2D eigenvalue weighted by atomic mass is 32.2. The van der Waals surface area contributed by atoms with Crippen LogP contribution in [0.5, 0.6) is 5.75 Å². The first kappa shape index (κ1) is 23.1. The van der Waals surface area contributed by atoms with E-state index in [4.69, 9.17) is 4.74 Å². The average Bonchev–Trinajstić information content (AvgIpc) is 2.74. The van der Waals surface area contributed by atoms with E-state index < -0.39 is 32.6 Å². The first-order valence-corrected chi connectivity index (χ1v) is 10.6. The highest BCUT2D eigenvalue weighted by molar-refractivity contribution is 7.92. The zero-order valence-electron chi connectivity index (χ0n) is 16.9. The number of alkyl halides is 3. The summed E-state index contributed by atoms with van der Waals surface area (Å²) >= 11 is 0. The topological polar surface area (TPSA) is 92.7 Å². The molecule has 3 aromatic carbocycles. The van der Waals surface area contributed by atoms with E-state index in [1.807, 2.05) is 0 Å². The molecule has 0 amide bonds. The second-order valence-corrected chi connectivity index (χ2v) is 8.45. The van der Waals surface area contributed by atoms with E-state index in [9.17, 15) is 31.5 Å². The number of anilines is 1. The Hall–Kier alpha value is -3.53. The van der Waals surface area contributed by atoms with E-state index in [2.05, 4.69) is 4.72 Å². The average molecular weight is 465 g/mol.